The SMILES string of the molecule is CC(C)(C)OC(=O)Nc1ccc(C2(N)CC2(F)F)c(O)c1. The number of alkyl halides is 2. The summed E-state index contributed by atoms with van der Waals surface area (Å²) in [5, 5.41) is 12.2. The summed E-state index contributed by atoms with van der Waals surface area (Å²) in [5.41, 5.74) is 3.26. The van der Waals surface area contributed by atoms with Crippen LogP contribution in [0.2, 0.25) is 0 Å². The van der Waals surface area contributed by atoms with E-state index in [0.29, 0.717) is 0 Å². The van der Waals surface area contributed by atoms with Gasteiger partial charge in [0, 0.05) is 23.7 Å². The molecule has 1 aliphatic carbocycles. The van der Waals surface area contributed by atoms with E-state index < -0.39 is 29.6 Å². The third kappa shape index (κ3) is 3.07. The van der Waals surface area contributed by atoms with Crippen molar-refractivity contribution in [1.29, 1.82) is 0 Å². The van der Waals surface area contributed by atoms with Crippen LogP contribution in [0.4, 0.5) is 19.3 Å². The van der Waals surface area contributed by atoms with Gasteiger partial charge in [-0.05, 0) is 26.8 Å². The highest BCUT2D eigenvalue weighted by atomic mass is 19.3. The van der Waals surface area contributed by atoms with Gasteiger partial charge in [-0.2, -0.15) is 0 Å². The average Bonchev–Trinajstić information content (AvgIpc) is 2.75. The number of anilines is 1. The van der Waals surface area contributed by atoms with Gasteiger partial charge in [-0.1, -0.05) is 6.07 Å². The summed E-state index contributed by atoms with van der Waals surface area (Å²) in [7, 11) is 0. The van der Waals surface area contributed by atoms with Gasteiger partial charge in [-0.3, -0.25) is 5.32 Å². The number of phenolic OH excluding ortho intramolecular Hbond substituents is 1. The van der Waals surface area contributed by atoms with E-state index in [2.05, 4.69) is 5.32 Å². The Kier molecular flexibility index (Phi) is 3.36. The van der Waals surface area contributed by atoms with E-state index in [0.717, 1.165) is 0 Å². The number of aromatic hydroxyl groups is 1. The normalized spacial score (nSPS) is 23.5. The first-order chi connectivity index (χ1) is 9.45. The van der Waals surface area contributed by atoms with Crippen molar-refractivity contribution in [2.45, 2.75) is 44.3 Å². The summed E-state index contributed by atoms with van der Waals surface area (Å²) in [6, 6.07) is 3.84. The van der Waals surface area contributed by atoms with Crippen molar-refractivity contribution in [2.75, 3.05) is 5.32 Å². The number of carbonyl (C=O) groups is 1. The van der Waals surface area contributed by atoms with Gasteiger partial charge in [0.05, 0.1) is 0 Å². The molecule has 7 heteroatoms. The quantitative estimate of drug-likeness (QED) is 0.784. The fourth-order valence-electron chi connectivity index (χ4n) is 2.01. The lowest BCUT2D eigenvalue weighted by Gasteiger charge is -2.20. The van der Waals surface area contributed by atoms with Crippen LogP contribution in [-0.4, -0.2) is 22.7 Å². The molecule has 1 aromatic carbocycles. The second-order valence-corrected chi connectivity index (χ2v) is 6.21. The molecule has 1 atom stereocenters. The van der Waals surface area contributed by atoms with Crippen LogP contribution in [-0.2, 0) is 10.3 Å². The molecule has 0 spiro atoms. The van der Waals surface area contributed by atoms with Gasteiger partial charge in [-0.25, -0.2) is 13.6 Å². The summed E-state index contributed by atoms with van der Waals surface area (Å²) in [5.74, 6) is -3.41. The Morgan fingerprint density at radius 1 is 1.43 bits per heavy atom. The molecule has 0 radical (unpaired) electrons. The number of ether oxygens (including phenoxy) is 1. The molecule has 1 fully saturated rings. The molecule has 1 saturated carbocycles. The van der Waals surface area contributed by atoms with Gasteiger partial charge in [0.15, 0.2) is 0 Å². The van der Waals surface area contributed by atoms with Crippen molar-refractivity contribution < 1.29 is 23.4 Å². The molecule has 1 aromatic rings. The predicted octanol–water partition coefficient (Wildman–Crippen LogP) is 2.93. The minimum Gasteiger partial charge on any atom is -0.508 e. The van der Waals surface area contributed by atoms with Gasteiger partial charge in [-0.15, -0.1) is 0 Å². The molecule has 116 valence electrons. The first kappa shape index (κ1) is 15.5. The van der Waals surface area contributed by atoms with Crippen molar-refractivity contribution in [2.24, 2.45) is 5.73 Å². The highest BCUT2D eigenvalue weighted by Gasteiger charge is 2.70. The molecule has 0 aliphatic heterocycles. The molecule has 0 bridgehead atoms. The second kappa shape index (κ2) is 4.56. The number of benzene rings is 1. The van der Waals surface area contributed by atoms with Crippen molar-refractivity contribution in [1.82, 2.24) is 0 Å². The van der Waals surface area contributed by atoms with E-state index in [4.69, 9.17) is 10.5 Å². The van der Waals surface area contributed by atoms with Crippen LogP contribution in [0.5, 0.6) is 5.75 Å². The van der Waals surface area contributed by atoms with Crippen LogP contribution in [0.15, 0.2) is 18.2 Å². The molecule has 1 unspecified atom stereocenters. The van der Waals surface area contributed by atoms with Gasteiger partial charge in [0.1, 0.15) is 16.9 Å². The zero-order chi connectivity index (χ0) is 16.1. The van der Waals surface area contributed by atoms with Crippen LogP contribution in [0, 0.1) is 0 Å². The van der Waals surface area contributed by atoms with E-state index in [1.54, 1.807) is 20.8 Å². The highest BCUT2D eigenvalue weighted by Crippen LogP contribution is 2.59. The molecule has 2 rings (SSSR count). The summed E-state index contributed by atoms with van der Waals surface area (Å²) >= 11 is 0. The number of nitrogens with two attached hydrogens (primary N) is 1. The number of carbonyl (C=O) groups excluding carboxylic acids is 1. The van der Waals surface area contributed by atoms with E-state index in [9.17, 15) is 18.7 Å². The van der Waals surface area contributed by atoms with E-state index in [-0.39, 0.29) is 17.0 Å². The first-order valence-electron chi connectivity index (χ1n) is 6.45. The summed E-state index contributed by atoms with van der Waals surface area (Å²) in [6.45, 7) is 5.13. The van der Waals surface area contributed by atoms with Gasteiger partial charge >= 0.3 is 6.09 Å². The summed E-state index contributed by atoms with van der Waals surface area (Å²) in [4.78, 5) is 11.6. The average molecular weight is 300 g/mol. The fourth-order valence-corrected chi connectivity index (χ4v) is 2.01. The minimum atomic E-state index is -3.02. The third-order valence-corrected chi connectivity index (χ3v) is 3.15. The Bertz CT molecular complexity index is 584. The lowest BCUT2D eigenvalue weighted by molar-refractivity contribution is 0.0635. The Morgan fingerprint density at radius 3 is 2.43 bits per heavy atom. The van der Waals surface area contributed by atoms with Crippen LogP contribution in [0.3, 0.4) is 0 Å². The number of halogens is 2. The highest BCUT2D eigenvalue weighted by molar-refractivity contribution is 5.85. The maximum absolute atomic E-state index is 13.2. The number of rotatable bonds is 2. The standard InChI is InChI=1S/C14H18F2N2O3/c1-12(2,3)21-11(20)18-8-4-5-9(10(19)6-8)13(17)7-14(13,15)16/h4-6,19H,7,17H2,1-3H3,(H,18,20). The monoisotopic (exact) mass is 300 g/mol. The van der Waals surface area contributed by atoms with Crippen molar-refractivity contribution in [3.05, 3.63) is 23.8 Å². The van der Waals surface area contributed by atoms with Gasteiger partial charge in [0.2, 0.25) is 0 Å². The number of phenols is 1. The van der Waals surface area contributed by atoms with E-state index in [1.807, 2.05) is 0 Å². The zero-order valence-corrected chi connectivity index (χ0v) is 12.0. The molecule has 21 heavy (non-hydrogen) atoms. The largest absolute Gasteiger partial charge is 0.508 e. The van der Waals surface area contributed by atoms with Crippen LogP contribution in [0.1, 0.15) is 32.8 Å². The Balaban J connectivity index is 2.12. The smallest absolute Gasteiger partial charge is 0.412 e. The molecule has 0 heterocycles. The van der Waals surface area contributed by atoms with Crippen LogP contribution < -0.4 is 11.1 Å². The Hall–Kier alpha value is -1.89. The van der Waals surface area contributed by atoms with E-state index in [1.165, 1.54) is 18.2 Å². The van der Waals surface area contributed by atoms with Crippen molar-refractivity contribution in [3.63, 3.8) is 0 Å². The summed E-state index contributed by atoms with van der Waals surface area (Å²) < 4.78 is 31.5. The Morgan fingerprint density at radius 2 is 2.00 bits per heavy atom. The molecule has 1 amide bonds. The number of hydrogen-bond donors (Lipinski definition) is 3. The maximum Gasteiger partial charge on any atom is 0.412 e. The minimum absolute atomic E-state index is 0.0396. The van der Waals surface area contributed by atoms with Crippen LogP contribution in [0.25, 0.3) is 0 Å². The molecule has 0 saturated heterocycles. The molecule has 0 aromatic heterocycles. The van der Waals surface area contributed by atoms with E-state index >= 15 is 0 Å². The predicted molar refractivity (Wildman–Crippen MR) is 73.4 cm³/mol. The van der Waals surface area contributed by atoms with Crippen molar-refractivity contribution in [3.8, 4) is 5.75 Å². The molecular formula is C14H18F2N2O3. The third-order valence-electron chi connectivity index (χ3n) is 3.15. The first-order valence-corrected chi connectivity index (χ1v) is 6.45. The summed E-state index contributed by atoms with van der Waals surface area (Å²) in [6.07, 6.45) is -1.21. The second-order valence-electron chi connectivity index (χ2n) is 6.21. The van der Waals surface area contributed by atoms with Gasteiger partial charge < -0.3 is 15.6 Å². The van der Waals surface area contributed by atoms with Crippen molar-refractivity contribution >= 4 is 11.8 Å². The number of hydrogen-bond acceptors (Lipinski definition) is 4. The van der Waals surface area contributed by atoms with Gasteiger partial charge in [0.25, 0.3) is 5.92 Å². The van der Waals surface area contributed by atoms with Crippen LogP contribution >= 0.6 is 0 Å². The lowest BCUT2D eigenvalue weighted by atomic mass is 10.0. The number of amides is 1. The molecular weight excluding hydrogens is 282 g/mol. The topological polar surface area (TPSA) is 84.6 Å². The lowest BCUT2D eigenvalue weighted by Crippen LogP contribution is -2.28. The maximum atomic E-state index is 13.2. The zero-order valence-electron chi connectivity index (χ0n) is 12.0. The molecule has 4 N–H and O–H groups in total. The molecule has 1 aliphatic rings. The Labute approximate surface area is 121 Å². The molecule has 5 nitrogen and oxygen atoms in total. The number of nitrogens with one attached hydrogen (secondary N) is 1. The fraction of sp³-hybridized carbons (Fsp3) is 0.500.